The second kappa shape index (κ2) is 8.81. The zero-order valence-corrected chi connectivity index (χ0v) is 18.8. The monoisotopic (exact) mass is 485 g/mol. The second-order valence-corrected chi connectivity index (χ2v) is 10.2. The summed E-state index contributed by atoms with van der Waals surface area (Å²) in [7, 11) is -4.04. The number of ether oxygens (including phenoxy) is 2. The molecule has 2 heterocycles. The minimum Gasteiger partial charge on any atom is -0.454 e. The molecule has 34 heavy (non-hydrogen) atoms. The number of Topliss-reactive ketones (excluding diaryl/α,β-unsaturated/α-hetero) is 1. The minimum atomic E-state index is -4.04. The maximum atomic E-state index is 13.8. The van der Waals surface area contributed by atoms with Gasteiger partial charge in [-0.3, -0.25) is 4.79 Å². The molecule has 0 saturated carbocycles. The Morgan fingerprint density at radius 2 is 1.44 bits per heavy atom. The number of rotatable bonds is 5. The van der Waals surface area contributed by atoms with Gasteiger partial charge in [0.2, 0.25) is 16.8 Å². The molecule has 2 aliphatic rings. The number of nitrogens with zero attached hydrogens (tertiary/aromatic N) is 1. The number of hydrogen-bond donors (Lipinski definition) is 0. The SMILES string of the molecule is O=C1CCN(S(=O)(=O)c2ccc3c(c2)OCO3)C(C(c2ccc(F)cc2)c2ccc(F)cc2)C1. The van der Waals surface area contributed by atoms with Crippen LogP contribution in [0, 0.1) is 11.6 Å². The molecule has 0 spiro atoms. The summed E-state index contributed by atoms with van der Waals surface area (Å²) in [5, 5.41) is 0. The Kier molecular flexibility index (Phi) is 5.83. The summed E-state index contributed by atoms with van der Waals surface area (Å²) >= 11 is 0. The molecule has 0 bridgehead atoms. The number of carbonyl (C=O) groups is 1. The fourth-order valence-corrected chi connectivity index (χ4v) is 6.22. The highest BCUT2D eigenvalue weighted by molar-refractivity contribution is 7.89. The third-order valence-corrected chi connectivity index (χ3v) is 8.13. The van der Waals surface area contributed by atoms with Crippen LogP contribution in [0.2, 0.25) is 0 Å². The molecule has 2 aliphatic heterocycles. The van der Waals surface area contributed by atoms with Crippen LogP contribution in [-0.2, 0) is 14.8 Å². The molecule has 0 amide bonds. The van der Waals surface area contributed by atoms with Gasteiger partial charge in [-0.15, -0.1) is 0 Å². The normalized spacial score (nSPS) is 18.4. The first-order chi connectivity index (χ1) is 16.3. The molecule has 6 nitrogen and oxygen atoms in total. The lowest BCUT2D eigenvalue weighted by molar-refractivity contribution is -0.122. The zero-order valence-electron chi connectivity index (χ0n) is 18.0. The standard InChI is InChI=1S/C25H21F2NO5S/c26-18-5-1-16(2-6-18)25(17-3-7-19(27)8-4-17)22-13-20(29)11-12-28(22)34(30,31)21-9-10-23-24(14-21)33-15-32-23/h1-10,14,22,25H,11-13,15H2. The predicted molar refractivity (Wildman–Crippen MR) is 119 cm³/mol. The number of fused-ring (bicyclic) bond motifs is 1. The van der Waals surface area contributed by atoms with E-state index in [-0.39, 0.29) is 36.9 Å². The van der Waals surface area contributed by atoms with Crippen LogP contribution in [0.25, 0.3) is 0 Å². The molecule has 3 aromatic carbocycles. The molecule has 1 unspecified atom stereocenters. The van der Waals surface area contributed by atoms with E-state index in [1.54, 1.807) is 24.3 Å². The van der Waals surface area contributed by atoms with Gasteiger partial charge in [-0.05, 0) is 47.5 Å². The zero-order chi connectivity index (χ0) is 23.9. The van der Waals surface area contributed by atoms with Gasteiger partial charge in [-0.1, -0.05) is 24.3 Å². The van der Waals surface area contributed by atoms with Crippen molar-refractivity contribution in [3.8, 4) is 11.5 Å². The molecule has 9 heteroatoms. The Bertz CT molecular complexity index is 1280. The summed E-state index contributed by atoms with van der Waals surface area (Å²) in [6.07, 6.45) is 0.0586. The van der Waals surface area contributed by atoms with Crippen molar-refractivity contribution in [2.45, 2.75) is 29.7 Å². The van der Waals surface area contributed by atoms with Crippen molar-refractivity contribution < 1.29 is 31.5 Å². The van der Waals surface area contributed by atoms with E-state index in [4.69, 9.17) is 9.47 Å². The molecule has 0 N–H and O–H groups in total. The fourth-order valence-electron chi connectivity index (χ4n) is 4.57. The molecule has 0 aromatic heterocycles. The summed E-state index contributed by atoms with van der Waals surface area (Å²) < 4.78 is 66.9. The lowest BCUT2D eigenvalue weighted by Gasteiger charge is -2.39. The highest BCUT2D eigenvalue weighted by Gasteiger charge is 2.42. The molecule has 1 saturated heterocycles. The first-order valence-electron chi connectivity index (χ1n) is 10.8. The van der Waals surface area contributed by atoms with Gasteiger partial charge >= 0.3 is 0 Å². The Morgan fingerprint density at radius 1 is 0.853 bits per heavy atom. The van der Waals surface area contributed by atoms with Crippen LogP contribution in [-0.4, -0.2) is 37.9 Å². The maximum Gasteiger partial charge on any atom is 0.243 e. The second-order valence-electron chi connectivity index (χ2n) is 8.27. The van der Waals surface area contributed by atoms with Crippen LogP contribution in [0.1, 0.15) is 29.9 Å². The fraction of sp³-hybridized carbons (Fsp3) is 0.240. The van der Waals surface area contributed by atoms with Crippen molar-refractivity contribution in [1.82, 2.24) is 4.31 Å². The minimum absolute atomic E-state index is 0.000829. The third kappa shape index (κ3) is 4.17. The van der Waals surface area contributed by atoms with Crippen molar-refractivity contribution in [2.75, 3.05) is 13.3 Å². The highest BCUT2D eigenvalue weighted by Crippen LogP contribution is 2.40. The van der Waals surface area contributed by atoms with E-state index in [0.29, 0.717) is 22.6 Å². The molecule has 5 rings (SSSR count). The summed E-state index contributed by atoms with van der Waals surface area (Å²) in [5.74, 6) is -0.776. The van der Waals surface area contributed by atoms with Crippen LogP contribution in [0.4, 0.5) is 8.78 Å². The van der Waals surface area contributed by atoms with E-state index in [1.165, 1.54) is 46.8 Å². The molecule has 0 radical (unpaired) electrons. The van der Waals surface area contributed by atoms with E-state index in [1.807, 2.05) is 0 Å². The Hall–Kier alpha value is -3.30. The van der Waals surface area contributed by atoms with Gasteiger partial charge in [0.1, 0.15) is 17.4 Å². The van der Waals surface area contributed by atoms with Crippen molar-refractivity contribution in [3.05, 3.63) is 89.5 Å². The molecular weight excluding hydrogens is 464 g/mol. The molecule has 1 fully saturated rings. The maximum absolute atomic E-state index is 13.8. The molecule has 0 aliphatic carbocycles. The number of benzene rings is 3. The summed E-state index contributed by atoms with van der Waals surface area (Å²) in [6.45, 7) is 0.00997. The smallest absolute Gasteiger partial charge is 0.243 e. The molecular formula is C25H21F2NO5S. The number of hydrogen-bond acceptors (Lipinski definition) is 5. The van der Waals surface area contributed by atoms with E-state index in [9.17, 15) is 22.0 Å². The van der Waals surface area contributed by atoms with Crippen LogP contribution in [0.3, 0.4) is 0 Å². The van der Waals surface area contributed by atoms with Gasteiger partial charge in [0.05, 0.1) is 4.90 Å². The first kappa shape index (κ1) is 22.5. The molecule has 3 aromatic rings. The largest absolute Gasteiger partial charge is 0.454 e. The molecule has 176 valence electrons. The lowest BCUT2D eigenvalue weighted by atomic mass is 9.81. The van der Waals surface area contributed by atoms with E-state index < -0.39 is 33.6 Å². The van der Waals surface area contributed by atoms with Gasteiger partial charge in [-0.2, -0.15) is 4.31 Å². The average molecular weight is 486 g/mol. The van der Waals surface area contributed by atoms with Crippen molar-refractivity contribution in [3.63, 3.8) is 0 Å². The number of halogens is 2. The number of sulfonamides is 1. The van der Waals surface area contributed by atoms with Crippen molar-refractivity contribution in [1.29, 1.82) is 0 Å². The Balaban J connectivity index is 1.61. The van der Waals surface area contributed by atoms with Gasteiger partial charge < -0.3 is 9.47 Å². The van der Waals surface area contributed by atoms with Gasteiger partial charge in [-0.25, -0.2) is 17.2 Å². The molecule has 1 atom stereocenters. The number of piperidine rings is 1. The third-order valence-electron chi connectivity index (χ3n) is 6.21. The van der Waals surface area contributed by atoms with Gasteiger partial charge in [0.25, 0.3) is 0 Å². The van der Waals surface area contributed by atoms with Gasteiger partial charge in [0.15, 0.2) is 11.5 Å². The first-order valence-corrected chi connectivity index (χ1v) is 12.2. The topological polar surface area (TPSA) is 72.9 Å². The summed E-state index contributed by atoms with van der Waals surface area (Å²) in [4.78, 5) is 12.6. The predicted octanol–water partition coefficient (Wildman–Crippen LogP) is 4.25. The van der Waals surface area contributed by atoms with Crippen LogP contribution in [0.15, 0.2) is 71.6 Å². The Labute approximate surface area is 195 Å². The lowest BCUT2D eigenvalue weighted by Crippen LogP contribution is -2.49. The summed E-state index contributed by atoms with van der Waals surface area (Å²) in [6, 6.07) is 15.0. The highest BCUT2D eigenvalue weighted by atomic mass is 32.2. The average Bonchev–Trinajstić information content (AvgIpc) is 3.30. The van der Waals surface area contributed by atoms with Gasteiger partial charge in [0, 0.05) is 37.4 Å². The van der Waals surface area contributed by atoms with Crippen molar-refractivity contribution in [2.24, 2.45) is 0 Å². The van der Waals surface area contributed by atoms with E-state index >= 15 is 0 Å². The van der Waals surface area contributed by atoms with E-state index in [0.717, 1.165) is 0 Å². The summed E-state index contributed by atoms with van der Waals surface area (Å²) in [5.41, 5.74) is 1.25. The van der Waals surface area contributed by atoms with Crippen LogP contribution in [0.5, 0.6) is 11.5 Å². The van der Waals surface area contributed by atoms with Crippen LogP contribution < -0.4 is 9.47 Å². The van der Waals surface area contributed by atoms with Crippen LogP contribution >= 0.6 is 0 Å². The number of ketones is 1. The van der Waals surface area contributed by atoms with Crippen molar-refractivity contribution >= 4 is 15.8 Å². The quantitative estimate of drug-likeness (QED) is 0.540. The number of carbonyl (C=O) groups excluding carboxylic acids is 1. The Morgan fingerprint density at radius 3 is 2.06 bits per heavy atom. The van der Waals surface area contributed by atoms with E-state index in [2.05, 4.69) is 0 Å².